The van der Waals surface area contributed by atoms with Crippen LogP contribution in [0.1, 0.15) is 16.8 Å². The minimum Gasteiger partial charge on any atom is -0.380 e. The predicted molar refractivity (Wildman–Crippen MR) is 67.7 cm³/mol. The summed E-state index contributed by atoms with van der Waals surface area (Å²) in [7, 11) is 0. The molecule has 0 spiro atoms. The summed E-state index contributed by atoms with van der Waals surface area (Å²) in [5.74, 6) is 0.286. The number of alkyl halides is 1. The molecule has 1 N–H and O–H groups in total. The summed E-state index contributed by atoms with van der Waals surface area (Å²) in [5.41, 5.74) is 0.434. The molecular weight excluding hydrogens is 263 g/mol. The molecule has 1 rings (SSSR count). The number of nitrogens with one attached hydrogen (secondary N) is 1. The van der Waals surface area contributed by atoms with E-state index < -0.39 is 0 Å². The molecule has 17 heavy (non-hydrogen) atoms. The number of hydrogen-bond acceptors (Lipinski definition) is 3. The van der Waals surface area contributed by atoms with Gasteiger partial charge < -0.3 is 10.1 Å². The Labute approximate surface area is 110 Å². The molecule has 1 amide bonds. The minimum absolute atomic E-state index is 0.199. The van der Waals surface area contributed by atoms with Crippen LogP contribution >= 0.6 is 23.2 Å². The Bertz CT molecular complexity index is 361. The van der Waals surface area contributed by atoms with E-state index in [0.717, 1.165) is 6.42 Å². The molecule has 1 aromatic heterocycles. The van der Waals surface area contributed by atoms with E-state index in [1.807, 2.05) is 0 Å². The molecule has 1 aromatic rings. The summed E-state index contributed by atoms with van der Waals surface area (Å²) in [6.07, 6.45) is 3.72. The van der Waals surface area contributed by atoms with Gasteiger partial charge in [0.2, 0.25) is 0 Å². The van der Waals surface area contributed by atoms with E-state index in [1.54, 1.807) is 6.07 Å². The van der Waals surface area contributed by atoms with Crippen LogP contribution < -0.4 is 5.32 Å². The molecule has 0 aromatic carbocycles. The fourth-order valence-electron chi connectivity index (χ4n) is 1.19. The molecule has 0 unspecified atom stereocenters. The Kier molecular flexibility index (Phi) is 6.93. The molecule has 1 heterocycles. The second kappa shape index (κ2) is 8.28. The highest BCUT2D eigenvalue weighted by molar-refractivity contribution is 6.33. The maximum absolute atomic E-state index is 11.7. The van der Waals surface area contributed by atoms with Crippen LogP contribution in [0.15, 0.2) is 18.5 Å². The van der Waals surface area contributed by atoms with Gasteiger partial charge in [-0.1, -0.05) is 11.6 Å². The van der Waals surface area contributed by atoms with Crippen molar-refractivity contribution < 1.29 is 9.53 Å². The number of ether oxygens (including phenoxy) is 1. The van der Waals surface area contributed by atoms with E-state index >= 15 is 0 Å². The van der Waals surface area contributed by atoms with Crippen LogP contribution in [-0.4, -0.2) is 36.5 Å². The normalized spacial score (nSPS) is 10.2. The zero-order valence-electron chi connectivity index (χ0n) is 9.29. The van der Waals surface area contributed by atoms with E-state index in [2.05, 4.69) is 10.3 Å². The monoisotopic (exact) mass is 276 g/mol. The van der Waals surface area contributed by atoms with E-state index in [9.17, 15) is 4.79 Å². The summed E-state index contributed by atoms with van der Waals surface area (Å²) in [4.78, 5) is 15.5. The van der Waals surface area contributed by atoms with Crippen molar-refractivity contribution in [2.75, 3.05) is 25.6 Å². The van der Waals surface area contributed by atoms with Crippen LogP contribution in [-0.2, 0) is 4.74 Å². The van der Waals surface area contributed by atoms with Crippen LogP contribution in [0.3, 0.4) is 0 Å². The number of hydrogen-bond donors (Lipinski definition) is 1. The van der Waals surface area contributed by atoms with Gasteiger partial charge in [-0.15, -0.1) is 11.6 Å². The first kappa shape index (κ1) is 14.2. The first-order chi connectivity index (χ1) is 8.25. The second-order valence-electron chi connectivity index (χ2n) is 3.27. The lowest BCUT2D eigenvalue weighted by molar-refractivity contribution is 0.0944. The number of amides is 1. The van der Waals surface area contributed by atoms with E-state index in [1.165, 1.54) is 12.4 Å². The lowest BCUT2D eigenvalue weighted by Crippen LogP contribution is -2.25. The highest BCUT2D eigenvalue weighted by atomic mass is 35.5. The zero-order chi connectivity index (χ0) is 12.5. The number of carbonyl (C=O) groups excluding carboxylic acids is 1. The van der Waals surface area contributed by atoms with Crippen LogP contribution in [0.4, 0.5) is 0 Å². The average molecular weight is 277 g/mol. The van der Waals surface area contributed by atoms with Gasteiger partial charge in [0.1, 0.15) is 0 Å². The van der Waals surface area contributed by atoms with Crippen molar-refractivity contribution in [1.82, 2.24) is 10.3 Å². The van der Waals surface area contributed by atoms with Gasteiger partial charge in [-0.3, -0.25) is 9.78 Å². The van der Waals surface area contributed by atoms with Gasteiger partial charge in [-0.2, -0.15) is 0 Å². The standard InChI is InChI=1S/C11H14Cl2N2O2/c12-3-7-17-6-1-4-15-11(16)9-2-5-14-8-10(9)13/h2,5,8H,1,3-4,6-7H2,(H,15,16). The molecule has 0 saturated heterocycles. The Balaban J connectivity index is 2.24. The summed E-state index contributed by atoms with van der Waals surface area (Å²) >= 11 is 11.3. The SMILES string of the molecule is O=C(NCCCOCCCl)c1ccncc1Cl. The van der Waals surface area contributed by atoms with Crippen LogP contribution in [0.5, 0.6) is 0 Å². The number of nitrogens with zero attached hydrogens (tertiary/aromatic N) is 1. The smallest absolute Gasteiger partial charge is 0.252 e. The third kappa shape index (κ3) is 5.35. The summed E-state index contributed by atoms with van der Waals surface area (Å²) in [5, 5.41) is 3.10. The van der Waals surface area contributed by atoms with Crippen molar-refractivity contribution >= 4 is 29.1 Å². The molecule has 94 valence electrons. The van der Waals surface area contributed by atoms with E-state index in [0.29, 0.717) is 36.2 Å². The molecule has 0 bridgehead atoms. The van der Waals surface area contributed by atoms with Gasteiger partial charge in [0.25, 0.3) is 5.91 Å². The quantitative estimate of drug-likeness (QED) is 0.613. The second-order valence-corrected chi connectivity index (χ2v) is 4.05. The fourth-order valence-corrected chi connectivity index (χ4v) is 1.50. The average Bonchev–Trinajstić information content (AvgIpc) is 2.34. The molecule has 0 radical (unpaired) electrons. The Hall–Kier alpha value is -0.840. The van der Waals surface area contributed by atoms with Crippen molar-refractivity contribution in [1.29, 1.82) is 0 Å². The maximum Gasteiger partial charge on any atom is 0.252 e. The highest BCUT2D eigenvalue weighted by Crippen LogP contribution is 2.12. The lowest BCUT2D eigenvalue weighted by atomic mass is 10.2. The van der Waals surface area contributed by atoms with Crippen LogP contribution in [0, 0.1) is 0 Å². The molecule has 0 aliphatic rings. The van der Waals surface area contributed by atoms with Crippen molar-refractivity contribution in [3.8, 4) is 0 Å². The third-order valence-corrected chi connectivity index (χ3v) is 2.45. The predicted octanol–water partition coefficient (Wildman–Crippen LogP) is 2.11. The van der Waals surface area contributed by atoms with Gasteiger partial charge in [0, 0.05) is 31.4 Å². The van der Waals surface area contributed by atoms with Gasteiger partial charge in [-0.05, 0) is 12.5 Å². The first-order valence-corrected chi connectivity index (χ1v) is 6.18. The zero-order valence-corrected chi connectivity index (χ0v) is 10.8. The van der Waals surface area contributed by atoms with E-state index in [4.69, 9.17) is 27.9 Å². The molecular formula is C11H14Cl2N2O2. The Morgan fingerprint density at radius 2 is 2.29 bits per heavy atom. The Morgan fingerprint density at radius 1 is 1.47 bits per heavy atom. The molecule has 0 atom stereocenters. The first-order valence-electron chi connectivity index (χ1n) is 5.27. The number of rotatable bonds is 7. The molecule has 4 nitrogen and oxygen atoms in total. The largest absolute Gasteiger partial charge is 0.380 e. The van der Waals surface area contributed by atoms with E-state index in [-0.39, 0.29) is 5.91 Å². The van der Waals surface area contributed by atoms with Crippen molar-refractivity contribution in [3.05, 3.63) is 29.0 Å². The highest BCUT2D eigenvalue weighted by Gasteiger charge is 2.08. The van der Waals surface area contributed by atoms with Crippen LogP contribution in [0.2, 0.25) is 5.02 Å². The molecule has 6 heteroatoms. The lowest BCUT2D eigenvalue weighted by Gasteiger charge is -2.06. The van der Waals surface area contributed by atoms with Crippen molar-refractivity contribution in [2.45, 2.75) is 6.42 Å². The van der Waals surface area contributed by atoms with Crippen molar-refractivity contribution in [3.63, 3.8) is 0 Å². The number of halogens is 2. The summed E-state index contributed by atoms with van der Waals surface area (Å²) in [6, 6.07) is 1.58. The Morgan fingerprint density at radius 3 is 3.00 bits per heavy atom. The van der Waals surface area contributed by atoms with Crippen LogP contribution in [0.25, 0.3) is 0 Å². The topological polar surface area (TPSA) is 51.2 Å². The van der Waals surface area contributed by atoms with Gasteiger partial charge >= 0.3 is 0 Å². The van der Waals surface area contributed by atoms with Gasteiger partial charge in [-0.25, -0.2) is 0 Å². The minimum atomic E-state index is -0.199. The molecule has 0 aliphatic carbocycles. The number of pyridine rings is 1. The number of carbonyl (C=O) groups is 1. The van der Waals surface area contributed by atoms with Gasteiger partial charge in [0.05, 0.1) is 17.2 Å². The fraction of sp³-hybridized carbons (Fsp3) is 0.455. The summed E-state index contributed by atoms with van der Waals surface area (Å²) < 4.78 is 5.17. The van der Waals surface area contributed by atoms with Crippen molar-refractivity contribution in [2.24, 2.45) is 0 Å². The molecule has 0 fully saturated rings. The summed E-state index contributed by atoms with van der Waals surface area (Å²) in [6.45, 7) is 1.66. The molecule has 0 aliphatic heterocycles. The van der Waals surface area contributed by atoms with Gasteiger partial charge in [0.15, 0.2) is 0 Å². The molecule has 0 saturated carbocycles. The maximum atomic E-state index is 11.7. The third-order valence-electron chi connectivity index (χ3n) is 1.99. The number of aromatic nitrogens is 1.